The van der Waals surface area contributed by atoms with Gasteiger partial charge in [0.15, 0.2) is 129 Å². The maximum absolute atomic E-state index is 14.2. The van der Waals surface area contributed by atoms with E-state index in [1.807, 2.05) is 6.92 Å². The Morgan fingerprint density at radius 2 is 0.366 bits per heavy atom. The molecule has 21 aliphatic heterocycles. The van der Waals surface area contributed by atoms with Crippen LogP contribution in [0.3, 0.4) is 0 Å². The zero-order valence-corrected chi connectivity index (χ0v) is 83.0. The average Bonchev–Trinajstić information content (AvgIpc) is 1.61. The number of rotatable bonds is 31. The molecule has 810 valence electrons. The van der Waals surface area contributed by atoms with E-state index < -0.39 is 381 Å². The number of hydrogen-bond donors (Lipinski definition) is 0. The second-order valence-corrected chi connectivity index (χ2v) is 34.1. The van der Waals surface area contributed by atoms with E-state index in [2.05, 4.69) is 0 Å². The van der Waals surface area contributed by atoms with Crippen LogP contribution in [-0.4, -0.2) is 379 Å². The number of hydrogen-bond acceptors (Lipinski definition) is 54. The van der Waals surface area contributed by atoms with Gasteiger partial charge in [-0.3, -0.25) is 95.9 Å². The maximum Gasteiger partial charge on any atom is 0.303 e. The molecule has 145 heavy (non-hydrogen) atoms. The minimum Gasteiger partial charge on any atom is -0.463 e. The number of aromatic nitrogens is 2. The molecule has 56 heteroatoms. The van der Waals surface area contributed by atoms with Crippen LogP contribution in [0.1, 0.15) is 158 Å². The number of esters is 20. The highest BCUT2D eigenvalue weighted by Crippen LogP contribution is 2.45. The van der Waals surface area contributed by atoms with Gasteiger partial charge in [0.25, 0.3) is 0 Å². The summed E-state index contributed by atoms with van der Waals surface area (Å²) in [6.07, 6.45) is -73.7. The van der Waals surface area contributed by atoms with E-state index in [4.69, 9.17) is 161 Å². The highest BCUT2D eigenvalue weighted by molar-refractivity contribution is 5.73. The summed E-state index contributed by atoms with van der Waals surface area (Å²) in [6.45, 7) is 12.3. The fourth-order valence-corrected chi connectivity index (χ4v) is 17.0. The molecule has 0 spiro atoms. The first-order valence-electron chi connectivity index (χ1n) is 45.7. The molecule has 35 atom stereocenters. The summed E-state index contributed by atoms with van der Waals surface area (Å²) < 4.78 is 215. The molecule has 0 aliphatic carbocycles. The number of carbonyl (C=O) groups is 20. The van der Waals surface area contributed by atoms with Crippen molar-refractivity contribution in [2.75, 3.05) is 39.6 Å². The van der Waals surface area contributed by atoms with E-state index in [1.165, 1.54) is 10.8 Å². The predicted octanol–water partition coefficient (Wildman–Crippen LogP) is -2.22. The number of unbranched alkanes of at least 4 members (excludes halogenated alkanes) is 1. The molecule has 0 saturated carbocycles. The van der Waals surface area contributed by atoms with Gasteiger partial charge in [0.2, 0.25) is 6.33 Å². The molecule has 22 rings (SSSR count). The number of imidazole rings is 1. The van der Waals surface area contributed by atoms with Gasteiger partial charge in [0.1, 0.15) is 144 Å². The van der Waals surface area contributed by atoms with Crippen molar-refractivity contribution < 1.29 is 262 Å². The maximum atomic E-state index is 14.2. The molecule has 0 amide bonds. The minimum absolute atomic E-state index is 0.389. The Kier molecular flexibility index (Phi) is 43.0. The first kappa shape index (κ1) is 117. The van der Waals surface area contributed by atoms with Crippen LogP contribution < -0.4 is 4.57 Å². The third-order valence-corrected chi connectivity index (χ3v) is 22.0. The summed E-state index contributed by atoms with van der Waals surface area (Å²) in [4.78, 5) is 276. The highest BCUT2D eigenvalue weighted by atomic mass is 16.8. The Morgan fingerprint density at radius 1 is 0.214 bits per heavy atom. The second kappa shape index (κ2) is 53.4. The van der Waals surface area contributed by atoms with Crippen LogP contribution in [0.4, 0.5) is 0 Å². The Labute approximate surface area is 827 Å². The number of carbonyl (C=O) groups excluding carboxylic acids is 20. The van der Waals surface area contributed by atoms with Crippen LogP contribution in [0, 0.1) is 0 Å². The largest absolute Gasteiger partial charge is 0.463 e. The highest BCUT2D eigenvalue weighted by Gasteiger charge is 2.67. The van der Waals surface area contributed by atoms with Crippen LogP contribution in [-0.2, 0) is 270 Å². The molecule has 0 N–H and O–H groups in total. The van der Waals surface area contributed by atoms with E-state index >= 15 is 0 Å². The predicted molar refractivity (Wildman–Crippen MR) is 452 cm³/mol. The average molecular weight is 2080 g/mol. The standard InChI is InChI=1S/C89H121N2O54/c1-22-23-24-90-25-26-91(34-90)27-55-62-69(118-41(8)98)76(125-48(15)105)83(132-55)140-63-56(28-112-35(2)92)134-85(78(127-50(17)107)70(63)119-42(9)99)142-65-58(30-114-37(4)94)136-87(80(129-52(19)109)72(65)121-44(11)101)144-67-60(32-116-39(6)96)138-89(82(131-54(21)111)74(67)123-46(13)103)145-68-61(33-117-40(7)97)137-88(81(130-53(20)110)75(68)124-47(14)104)143-66-59(31-115-38(5)95)135-86(79(128-51(18)108)73(66)122-45(12)102)141-64-57(29-113-36(3)93)133-84(139-62)77(126-49(16)106)71(64)120-43(10)100/h25-26,34,55-89H,22-24,27-33H2,1-21H3/q+1. The zero-order chi connectivity index (χ0) is 107. The molecule has 21 saturated heterocycles. The summed E-state index contributed by atoms with van der Waals surface area (Å²) in [5, 5.41) is 0. The van der Waals surface area contributed by atoms with Crippen molar-refractivity contribution in [3.05, 3.63) is 18.7 Å². The Bertz CT molecular complexity index is 4630. The molecule has 21 fully saturated rings. The van der Waals surface area contributed by atoms with Crippen molar-refractivity contribution in [2.24, 2.45) is 0 Å². The lowest BCUT2D eigenvalue weighted by molar-refractivity contribution is -0.707. The van der Waals surface area contributed by atoms with Crippen LogP contribution in [0.15, 0.2) is 18.7 Å². The van der Waals surface area contributed by atoms with Crippen LogP contribution >= 0.6 is 0 Å². The van der Waals surface area contributed by atoms with Gasteiger partial charge in [-0.25, -0.2) is 9.13 Å². The summed E-state index contributed by atoms with van der Waals surface area (Å²) in [5.74, 6) is -24.4. The molecule has 56 nitrogen and oxygen atoms in total. The first-order chi connectivity index (χ1) is 68.3. The summed E-state index contributed by atoms with van der Waals surface area (Å²) >= 11 is 0. The van der Waals surface area contributed by atoms with E-state index in [1.54, 1.807) is 17.1 Å². The first-order valence-corrected chi connectivity index (χ1v) is 45.7. The van der Waals surface area contributed by atoms with Crippen molar-refractivity contribution in [2.45, 2.75) is 386 Å². The van der Waals surface area contributed by atoms with Crippen molar-refractivity contribution in [1.82, 2.24) is 4.57 Å². The molecule has 35 unspecified atom stereocenters. The van der Waals surface area contributed by atoms with Crippen molar-refractivity contribution >= 4 is 119 Å². The van der Waals surface area contributed by atoms with Gasteiger partial charge < -0.3 is 161 Å². The monoisotopic (exact) mass is 2080 g/mol. The number of nitrogens with zero attached hydrogens (tertiary/aromatic N) is 2. The molecular weight excluding hydrogens is 1960 g/mol. The van der Waals surface area contributed by atoms with Gasteiger partial charge in [-0.15, -0.1) is 0 Å². The van der Waals surface area contributed by atoms with Crippen LogP contribution in [0.2, 0.25) is 0 Å². The summed E-state index contributed by atoms with van der Waals surface area (Å²) in [6, 6.07) is 0. The van der Waals surface area contributed by atoms with Crippen LogP contribution in [0.25, 0.3) is 0 Å². The van der Waals surface area contributed by atoms with Gasteiger partial charge >= 0.3 is 119 Å². The molecule has 21 aliphatic rings. The molecular formula is C89H121N2O54+. The lowest BCUT2D eigenvalue weighted by Crippen LogP contribution is -2.70. The SMILES string of the molecule is CCCCn1cc[n+](CC2OC3OC4C(COC(C)=O)OC(OC5C(COC(C)=O)OC(OC6C(COC(C)=O)OC(OC7C(COC(C)=O)OC(OC8C(COC(C)=O)OC(OC9C(COC(C)=O)OC(OC2C(OC(C)=O)C3OC(C)=O)C(OC(C)=O)C9OC(C)=O)C(OC(C)=O)C8OC(C)=O)C(OC(C)=O)C7OC(C)=O)C(OC(C)=O)C6OC(C)=O)C(OC(C)=O)C5OC(C)=O)C(OC(C)=O)C4OC(C)=O)c1. The zero-order valence-electron chi connectivity index (χ0n) is 83.0. The second-order valence-electron chi connectivity index (χ2n) is 34.1. The quantitative estimate of drug-likeness (QED) is 0.0432. The van der Waals surface area contributed by atoms with Gasteiger partial charge in [-0.2, -0.15) is 0 Å². The molecule has 1 aromatic heterocycles. The normalized spacial score (nSPS) is 33.9. The number of aryl methyl sites for hydroxylation is 1. The molecule has 0 aromatic carbocycles. The Hall–Kier alpha value is -11.9. The topological polar surface area (TPSA) is 664 Å². The lowest BCUT2D eigenvalue weighted by Gasteiger charge is -2.52. The summed E-state index contributed by atoms with van der Waals surface area (Å²) in [5.41, 5.74) is 0. The van der Waals surface area contributed by atoms with Gasteiger partial charge in [0.05, 0.1) is 6.54 Å². The molecule has 22 heterocycles. The molecule has 0 radical (unpaired) electrons. The van der Waals surface area contributed by atoms with E-state index in [9.17, 15) is 95.9 Å². The fourth-order valence-electron chi connectivity index (χ4n) is 17.0. The van der Waals surface area contributed by atoms with Crippen molar-refractivity contribution in [1.29, 1.82) is 0 Å². The van der Waals surface area contributed by atoms with Gasteiger partial charge in [-0.1, -0.05) is 13.3 Å². The summed E-state index contributed by atoms with van der Waals surface area (Å²) in [7, 11) is 0. The van der Waals surface area contributed by atoms with E-state index in [0.717, 1.165) is 138 Å². The molecule has 1 aromatic rings. The molecule has 14 bridgehead atoms. The Balaban J connectivity index is 1.40. The Morgan fingerprint density at radius 3 is 0.517 bits per heavy atom. The minimum atomic E-state index is -2.46. The third-order valence-electron chi connectivity index (χ3n) is 22.0. The third kappa shape index (κ3) is 33.3. The fraction of sp³-hybridized carbons (Fsp3) is 0.742. The van der Waals surface area contributed by atoms with Crippen molar-refractivity contribution in [3.8, 4) is 0 Å². The van der Waals surface area contributed by atoms with Crippen molar-refractivity contribution in [3.63, 3.8) is 0 Å². The smallest absolute Gasteiger partial charge is 0.303 e. The number of ether oxygens (including phenoxy) is 34. The van der Waals surface area contributed by atoms with Gasteiger partial charge in [-0.05, 0) is 6.42 Å². The van der Waals surface area contributed by atoms with E-state index in [0.29, 0.717) is 19.4 Å². The van der Waals surface area contributed by atoms with E-state index in [-0.39, 0.29) is 0 Å². The lowest BCUT2D eigenvalue weighted by atomic mass is 9.94. The van der Waals surface area contributed by atoms with Crippen LogP contribution in [0.5, 0.6) is 0 Å². The van der Waals surface area contributed by atoms with Gasteiger partial charge in [0, 0.05) is 138 Å².